The van der Waals surface area contributed by atoms with Crippen LogP contribution in [0.2, 0.25) is 0 Å². The van der Waals surface area contributed by atoms with Gasteiger partial charge in [0.25, 0.3) is 0 Å². The van der Waals surface area contributed by atoms with E-state index in [4.69, 9.17) is 4.74 Å². The third-order valence-corrected chi connectivity index (χ3v) is 3.30. The van der Waals surface area contributed by atoms with E-state index >= 15 is 0 Å². The second-order valence-electron chi connectivity index (χ2n) is 4.91. The molecule has 1 unspecified atom stereocenters. The second kappa shape index (κ2) is 4.98. The maximum absolute atomic E-state index is 11.2. The number of ether oxygens (including phenoxy) is 1. The summed E-state index contributed by atoms with van der Waals surface area (Å²) in [5.74, 6) is 1.01. The molecule has 5 heteroatoms. The normalized spacial score (nSPS) is 24.4. The number of hydrogen-bond acceptors (Lipinski definition) is 4. The van der Waals surface area contributed by atoms with Crippen LogP contribution in [0.25, 0.3) is 0 Å². The van der Waals surface area contributed by atoms with Crippen LogP contribution in [0.4, 0.5) is 0 Å². The van der Waals surface area contributed by atoms with Gasteiger partial charge in [-0.3, -0.25) is 4.90 Å². The molecular weight excluding hydrogens is 218 g/mol. The van der Waals surface area contributed by atoms with Crippen LogP contribution in [0.15, 0.2) is 12.4 Å². The van der Waals surface area contributed by atoms with E-state index in [1.54, 1.807) is 6.20 Å². The quantitative estimate of drug-likeness (QED) is 0.698. The molecule has 0 saturated carbocycles. The van der Waals surface area contributed by atoms with Gasteiger partial charge in [0.15, 0.2) is 0 Å². The number of hydrogen-bond donors (Lipinski definition) is 0. The zero-order valence-electron chi connectivity index (χ0n) is 10.4. The Morgan fingerprint density at radius 1 is 1.71 bits per heavy atom. The molecule has 1 aromatic heterocycles. The smallest absolute Gasteiger partial charge is 0.129 e. The maximum atomic E-state index is 11.2. The minimum atomic E-state index is -0.320. The molecule has 0 spiro atoms. The summed E-state index contributed by atoms with van der Waals surface area (Å²) < 4.78 is 7.33. The van der Waals surface area contributed by atoms with Crippen molar-refractivity contribution in [2.45, 2.75) is 13.0 Å². The molecule has 2 heterocycles. The number of aldehydes is 1. The summed E-state index contributed by atoms with van der Waals surface area (Å²) in [5, 5.41) is 0. The van der Waals surface area contributed by atoms with Crippen LogP contribution in [0.5, 0.6) is 0 Å². The van der Waals surface area contributed by atoms with Crippen LogP contribution in [-0.4, -0.2) is 47.5 Å². The number of imidazole rings is 1. The van der Waals surface area contributed by atoms with Gasteiger partial charge in [0.05, 0.1) is 18.6 Å². The van der Waals surface area contributed by atoms with Crippen molar-refractivity contribution < 1.29 is 9.53 Å². The highest BCUT2D eigenvalue weighted by Gasteiger charge is 2.35. The van der Waals surface area contributed by atoms with E-state index in [9.17, 15) is 4.79 Å². The number of aryl methyl sites for hydroxylation is 1. The third kappa shape index (κ3) is 2.73. The second-order valence-corrected chi connectivity index (χ2v) is 4.91. The number of carbonyl (C=O) groups is 1. The van der Waals surface area contributed by atoms with Gasteiger partial charge in [-0.05, 0) is 13.5 Å². The zero-order valence-corrected chi connectivity index (χ0v) is 10.4. The summed E-state index contributed by atoms with van der Waals surface area (Å²) in [6.07, 6.45) is 5.59. The van der Waals surface area contributed by atoms with Crippen molar-refractivity contribution in [1.29, 1.82) is 0 Å². The lowest BCUT2D eigenvalue weighted by atomic mass is 9.89. The molecule has 2 rings (SSSR count). The Kier molecular flexibility index (Phi) is 3.59. The van der Waals surface area contributed by atoms with Crippen LogP contribution in [0.1, 0.15) is 12.2 Å². The average Bonchev–Trinajstić information content (AvgIpc) is 2.90. The molecular formula is C12H19N3O2. The Balaban J connectivity index is 1.94. The van der Waals surface area contributed by atoms with E-state index < -0.39 is 0 Å². The SMILES string of the molecule is CN(Cc1nccn1C)CC1(C=O)CCOC1. The van der Waals surface area contributed by atoms with Crippen LogP contribution in [0, 0.1) is 5.41 Å². The predicted molar refractivity (Wildman–Crippen MR) is 63.5 cm³/mol. The van der Waals surface area contributed by atoms with Gasteiger partial charge in [-0.25, -0.2) is 4.98 Å². The van der Waals surface area contributed by atoms with Gasteiger partial charge in [-0.15, -0.1) is 0 Å². The summed E-state index contributed by atoms with van der Waals surface area (Å²) in [7, 11) is 3.99. The van der Waals surface area contributed by atoms with Crippen LogP contribution in [0.3, 0.4) is 0 Å². The molecule has 5 nitrogen and oxygen atoms in total. The van der Waals surface area contributed by atoms with Gasteiger partial charge >= 0.3 is 0 Å². The van der Waals surface area contributed by atoms with Gasteiger partial charge in [0.2, 0.25) is 0 Å². The number of carbonyl (C=O) groups excluding carboxylic acids is 1. The monoisotopic (exact) mass is 237 g/mol. The fourth-order valence-corrected chi connectivity index (χ4v) is 2.26. The van der Waals surface area contributed by atoms with E-state index in [1.807, 2.05) is 24.9 Å². The first-order valence-electron chi connectivity index (χ1n) is 5.84. The van der Waals surface area contributed by atoms with E-state index in [0.717, 1.165) is 31.6 Å². The molecule has 1 aliphatic rings. The van der Waals surface area contributed by atoms with E-state index in [0.29, 0.717) is 13.2 Å². The molecule has 0 N–H and O–H groups in total. The summed E-state index contributed by atoms with van der Waals surface area (Å²) in [6, 6.07) is 0. The first-order valence-corrected chi connectivity index (χ1v) is 5.84. The van der Waals surface area contributed by atoms with Crippen LogP contribution >= 0.6 is 0 Å². The average molecular weight is 237 g/mol. The molecule has 1 aromatic rings. The van der Waals surface area contributed by atoms with Gasteiger partial charge in [0, 0.05) is 32.6 Å². The Labute approximate surface area is 101 Å². The van der Waals surface area contributed by atoms with E-state index in [1.165, 1.54) is 0 Å². The molecule has 0 aliphatic carbocycles. The Morgan fingerprint density at radius 2 is 2.53 bits per heavy atom. The van der Waals surface area contributed by atoms with Gasteiger partial charge < -0.3 is 14.1 Å². The third-order valence-electron chi connectivity index (χ3n) is 3.30. The number of nitrogens with zero attached hydrogens (tertiary/aromatic N) is 3. The lowest BCUT2D eigenvalue weighted by molar-refractivity contribution is -0.117. The molecule has 94 valence electrons. The van der Waals surface area contributed by atoms with Crippen molar-refractivity contribution in [3.8, 4) is 0 Å². The Hall–Kier alpha value is -1.20. The summed E-state index contributed by atoms with van der Waals surface area (Å²) in [4.78, 5) is 17.6. The number of rotatable bonds is 5. The molecule has 1 atom stereocenters. The minimum Gasteiger partial charge on any atom is -0.380 e. The zero-order chi connectivity index (χ0) is 12.3. The summed E-state index contributed by atoms with van der Waals surface area (Å²) in [6.45, 7) is 2.71. The largest absolute Gasteiger partial charge is 0.380 e. The molecule has 1 fully saturated rings. The molecule has 17 heavy (non-hydrogen) atoms. The Bertz CT molecular complexity index is 383. The lowest BCUT2D eigenvalue weighted by Gasteiger charge is -2.26. The van der Waals surface area contributed by atoms with Crippen molar-refractivity contribution in [2.75, 3.05) is 26.8 Å². The first-order chi connectivity index (χ1) is 8.15. The molecule has 0 aromatic carbocycles. The highest BCUT2D eigenvalue weighted by molar-refractivity contribution is 5.60. The highest BCUT2D eigenvalue weighted by atomic mass is 16.5. The predicted octanol–water partition coefficient (Wildman–Crippen LogP) is 0.457. The molecule has 1 aliphatic heterocycles. The van der Waals surface area contributed by atoms with Crippen molar-refractivity contribution >= 4 is 6.29 Å². The molecule has 0 amide bonds. The van der Waals surface area contributed by atoms with Gasteiger partial charge in [-0.2, -0.15) is 0 Å². The molecule has 0 bridgehead atoms. The summed E-state index contributed by atoms with van der Waals surface area (Å²) >= 11 is 0. The summed E-state index contributed by atoms with van der Waals surface area (Å²) in [5.41, 5.74) is -0.320. The van der Waals surface area contributed by atoms with Gasteiger partial charge in [-0.1, -0.05) is 0 Å². The first kappa shape index (κ1) is 12.3. The topological polar surface area (TPSA) is 47.4 Å². The lowest BCUT2D eigenvalue weighted by Crippen LogP contribution is -2.37. The standard InChI is InChI=1S/C12H19N3O2/c1-14(7-11-13-4-5-15(11)2)8-12(9-16)3-6-17-10-12/h4-5,9H,3,6-8,10H2,1-2H3. The fourth-order valence-electron chi connectivity index (χ4n) is 2.26. The van der Waals surface area contributed by atoms with Crippen LogP contribution in [-0.2, 0) is 23.1 Å². The fraction of sp³-hybridized carbons (Fsp3) is 0.667. The van der Waals surface area contributed by atoms with E-state index in [-0.39, 0.29) is 5.41 Å². The molecule has 1 saturated heterocycles. The van der Waals surface area contributed by atoms with Crippen molar-refractivity contribution in [2.24, 2.45) is 12.5 Å². The van der Waals surface area contributed by atoms with Gasteiger partial charge in [0.1, 0.15) is 12.1 Å². The Morgan fingerprint density at radius 3 is 3.06 bits per heavy atom. The van der Waals surface area contributed by atoms with Crippen LogP contribution < -0.4 is 0 Å². The van der Waals surface area contributed by atoms with Crippen molar-refractivity contribution in [3.63, 3.8) is 0 Å². The van der Waals surface area contributed by atoms with Crippen molar-refractivity contribution in [3.05, 3.63) is 18.2 Å². The molecule has 0 radical (unpaired) electrons. The maximum Gasteiger partial charge on any atom is 0.129 e. The highest BCUT2D eigenvalue weighted by Crippen LogP contribution is 2.27. The van der Waals surface area contributed by atoms with Crippen molar-refractivity contribution in [1.82, 2.24) is 14.5 Å². The van der Waals surface area contributed by atoms with E-state index in [2.05, 4.69) is 9.88 Å². The number of aromatic nitrogens is 2. The minimum absolute atomic E-state index is 0.320.